The largest absolute Gasteiger partial charge is 0.394 e. The van der Waals surface area contributed by atoms with Crippen molar-refractivity contribution in [1.29, 1.82) is 0 Å². The standard InChI is InChI=1S/C13H25NO2/c1-13(10-15,8-11-4-2-5-11)14-9-12-6-3-7-16-12/h11-12,14-15H,2-10H2,1H3. The van der Waals surface area contributed by atoms with Gasteiger partial charge in [-0.05, 0) is 32.1 Å². The maximum atomic E-state index is 9.52. The average molecular weight is 227 g/mol. The van der Waals surface area contributed by atoms with Crippen LogP contribution in [0.5, 0.6) is 0 Å². The van der Waals surface area contributed by atoms with Crippen LogP contribution in [0.4, 0.5) is 0 Å². The Balaban J connectivity index is 1.73. The molecule has 0 amide bonds. The van der Waals surface area contributed by atoms with Gasteiger partial charge in [0.05, 0.1) is 12.7 Å². The number of ether oxygens (including phenoxy) is 1. The van der Waals surface area contributed by atoms with Crippen LogP contribution in [0.1, 0.15) is 45.4 Å². The molecule has 1 aliphatic carbocycles. The van der Waals surface area contributed by atoms with Crippen molar-refractivity contribution < 1.29 is 9.84 Å². The van der Waals surface area contributed by atoms with Gasteiger partial charge in [-0.15, -0.1) is 0 Å². The molecule has 2 N–H and O–H groups in total. The van der Waals surface area contributed by atoms with E-state index in [9.17, 15) is 5.11 Å². The van der Waals surface area contributed by atoms with Gasteiger partial charge in [-0.25, -0.2) is 0 Å². The molecule has 0 bridgehead atoms. The molecule has 16 heavy (non-hydrogen) atoms. The molecule has 0 aromatic carbocycles. The van der Waals surface area contributed by atoms with E-state index in [2.05, 4.69) is 12.2 Å². The fourth-order valence-corrected chi connectivity index (χ4v) is 2.69. The molecule has 0 spiro atoms. The zero-order valence-electron chi connectivity index (χ0n) is 10.4. The van der Waals surface area contributed by atoms with Crippen molar-refractivity contribution in [2.45, 2.75) is 57.1 Å². The van der Waals surface area contributed by atoms with Crippen molar-refractivity contribution in [1.82, 2.24) is 5.32 Å². The van der Waals surface area contributed by atoms with Crippen LogP contribution in [0.2, 0.25) is 0 Å². The second-order valence-electron chi connectivity index (χ2n) is 5.74. The first-order valence-corrected chi connectivity index (χ1v) is 6.69. The molecular weight excluding hydrogens is 202 g/mol. The second-order valence-corrected chi connectivity index (χ2v) is 5.74. The van der Waals surface area contributed by atoms with E-state index >= 15 is 0 Å². The molecular formula is C13H25NO2. The van der Waals surface area contributed by atoms with Crippen LogP contribution in [0.15, 0.2) is 0 Å². The van der Waals surface area contributed by atoms with E-state index in [1.165, 1.54) is 25.7 Å². The van der Waals surface area contributed by atoms with Crippen LogP contribution < -0.4 is 5.32 Å². The van der Waals surface area contributed by atoms with Gasteiger partial charge in [0.25, 0.3) is 0 Å². The fraction of sp³-hybridized carbons (Fsp3) is 1.00. The lowest BCUT2D eigenvalue weighted by Gasteiger charge is -2.37. The van der Waals surface area contributed by atoms with E-state index in [0.29, 0.717) is 6.10 Å². The van der Waals surface area contributed by atoms with Gasteiger partial charge in [0.15, 0.2) is 0 Å². The molecule has 0 aromatic rings. The Morgan fingerprint density at radius 3 is 2.62 bits per heavy atom. The highest BCUT2D eigenvalue weighted by atomic mass is 16.5. The van der Waals surface area contributed by atoms with Gasteiger partial charge in [-0.2, -0.15) is 0 Å². The summed E-state index contributed by atoms with van der Waals surface area (Å²) in [6.07, 6.45) is 7.89. The number of hydrogen-bond acceptors (Lipinski definition) is 3. The molecule has 1 saturated carbocycles. The fourth-order valence-electron chi connectivity index (χ4n) is 2.69. The third-order valence-corrected chi connectivity index (χ3v) is 4.09. The molecule has 2 unspecified atom stereocenters. The summed E-state index contributed by atoms with van der Waals surface area (Å²) in [6.45, 7) is 4.17. The summed E-state index contributed by atoms with van der Waals surface area (Å²) in [5.74, 6) is 0.828. The van der Waals surface area contributed by atoms with Crippen molar-refractivity contribution in [3.63, 3.8) is 0 Å². The Morgan fingerprint density at radius 2 is 2.12 bits per heavy atom. The molecule has 3 nitrogen and oxygen atoms in total. The highest BCUT2D eigenvalue weighted by Crippen LogP contribution is 2.33. The summed E-state index contributed by atoms with van der Waals surface area (Å²) in [5, 5.41) is 13.0. The Bertz CT molecular complexity index is 212. The topological polar surface area (TPSA) is 41.5 Å². The summed E-state index contributed by atoms with van der Waals surface area (Å²) in [7, 11) is 0. The Labute approximate surface area is 98.6 Å². The zero-order chi connectivity index (χ0) is 11.4. The molecule has 94 valence electrons. The summed E-state index contributed by atoms with van der Waals surface area (Å²) < 4.78 is 5.59. The first-order valence-electron chi connectivity index (χ1n) is 6.69. The minimum absolute atomic E-state index is 0.100. The van der Waals surface area contributed by atoms with Gasteiger partial charge in [0.1, 0.15) is 0 Å². The normalized spacial score (nSPS) is 30.0. The van der Waals surface area contributed by atoms with Gasteiger partial charge in [0.2, 0.25) is 0 Å². The van der Waals surface area contributed by atoms with E-state index in [1.54, 1.807) is 0 Å². The molecule has 0 aromatic heterocycles. The molecule has 0 radical (unpaired) electrons. The number of rotatable bonds is 6. The van der Waals surface area contributed by atoms with Crippen molar-refractivity contribution in [3.05, 3.63) is 0 Å². The van der Waals surface area contributed by atoms with Crippen LogP contribution >= 0.6 is 0 Å². The quantitative estimate of drug-likeness (QED) is 0.725. The highest BCUT2D eigenvalue weighted by molar-refractivity contribution is 4.88. The third kappa shape index (κ3) is 3.19. The molecule has 1 heterocycles. The zero-order valence-corrected chi connectivity index (χ0v) is 10.4. The van der Waals surface area contributed by atoms with E-state index in [0.717, 1.165) is 31.9 Å². The summed E-state index contributed by atoms with van der Waals surface area (Å²) >= 11 is 0. The van der Waals surface area contributed by atoms with E-state index in [1.807, 2.05) is 0 Å². The number of aliphatic hydroxyl groups is 1. The Kier molecular flexibility index (Phi) is 4.22. The Morgan fingerprint density at radius 1 is 1.31 bits per heavy atom. The van der Waals surface area contributed by atoms with E-state index < -0.39 is 0 Å². The number of nitrogens with one attached hydrogen (secondary N) is 1. The molecule has 1 saturated heterocycles. The van der Waals surface area contributed by atoms with Gasteiger partial charge in [0, 0.05) is 18.7 Å². The maximum absolute atomic E-state index is 9.52. The van der Waals surface area contributed by atoms with Crippen molar-refractivity contribution in [2.24, 2.45) is 5.92 Å². The van der Waals surface area contributed by atoms with Crippen LogP contribution in [0.3, 0.4) is 0 Å². The summed E-state index contributed by atoms with van der Waals surface area (Å²) in [5.41, 5.74) is -0.100. The maximum Gasteiger partial charge on any atom is 0.0700 e. The lowest BCUT2D eigenvalue weighted by atomic mass is 9.76. The molecule has 2 rings (SSSR count). The van der Waals surface area contributed by atoms with Crippen molar-refractivity contribution >= 4 is 0 Å². The number of hydrogen-bond donors (Lipinski definition) is 2. The third-order valence-electron chi connectivity index (χ3n) is 4.09. The lowest BCUT2D eigenvalue weighted by Crippen LogP contribution is -2.50. The number of aliphatic hydroxyl groups excluding tert-OH is 1. The molecule has 2 aliphatic rings. The summed E-state index contributed by atoms with van der Waals surface area (Å²) in [6, 6.07) is 0. The predicted octanol–water partition coefficient (Wildman–Crippen LogP) is 1.70. The van der Waals surface area contributed by atoms with Gasteiger partial charge in [-0.3, -0.25) is 0 Å². The molecule has 2 atom stereocenters. The van der Waals surface area contributed by atoms with Crippen LogP contribution in [0, 0.1) is 5.92 Å². The van der Waals surface area contributed by atoms with Crippen LogP contribution in [-0.4, -0.2) is 36.5 Å². The minimum Gasteiger partial charge on any atom is -0.394 e. The molecule has 3 heteroatoms. The van der Waals surface area contributed by atoms with E-state index in [4.69, 9.17) is 4.74 Å². The van der Waals surface area contributed by atoms with Crippen molar-refractivity contribution in [3.8, 4) is 0 Å². The van der Waals surface area contributed by atoms with Gasteiger partial charge >= 0.3 is 0 Å². The van der Waals surface area contributed by atoms with E-state index in [-0.39, 0.29) is 12.1 Å². The monoisotopic (exact) mass is 227 g/mol. The van der Waals surface area contributed by atoms with Crippen molar-refractivity contribution in [2.75, 3.05) is 19.8 Å². The lowest BCUT2D eigenvalue weighted by molar-refractivity contribution is 0.0785. The van der Waals surface area contributed by atoms with Crippen LogP contribution in [-0.2, 0) is 4.74 Å². The van der Waals surface area contributed by atoms with Gasteiger partial charge in [-0.1, -0.05) is 19.3 Å². The van der Waals surface area contributed by atoms with Crippen LogP contribution in [0.25, 0.3) is 0 Å². The average Bonchev–Trinajstić information content (AvgIpc) is 2.74. The molecule has 1 aliphatic heterocycles. The first kappa shape index (κ1) is 12.3. The SMILES string of the molecule is CC(CO)(CC1CCC1)NCC1CCCO1. The predicted molar refractivity (Wildman–Crippen MR) is 64.4 cm³/mol. The summed E-state index contributed by atoms with van der Waals surface area (Å²) in [4.78, 5) is 0. The van der Waals surface area contributed by atoms with Gasteiger partial charge < -0.3 is 15.2 Å². The minimum atomic E-state index is -0.100. The highest BCUT2D eigenvalue weighted by Gasteiger charge is 2.31. The second kappa shape index (κ2) is 5.48. The Hall–Kier alpha value is -0.120. The molecule has 2 fully saturated rings. The first-order chi connectivity index (χ1) is 7.72. The smallest absolute Gasteiger partial charge is 0.0700 e.